The second-order valence-corrected chi connectivity index (χ2v) is 7.29. The third-order valence-corrected chi connectivity index (χ3v) is 3.58. The standard InChI is InChI=1S/C20H30N2O5/c1-15(23)17(12-8-9-13-21-18(24)27-20(2,3)4)22-19(25)26-14-16-10-6-5-7-11-16/h5-7,10-11,17H,8-9,12-14H2,1-4H3,(H,21,24)(H,22,25)/t17-/m0/s1. The molecule has 1 atom stereocenters. The fourth-order valence-corrected chi connectivity index (χ4v) is 2.26. The molecule has 0 heterocycles. The number of ether oxygens (including phenoxy) is 2. The number of hydrogen-bond donors (Lipinski definition) is 2. The molecule has 2 N–H and O–H groups in total. The highest BCUT2D eigenvalue weighted by Crippen LogP contribution is 2.07. The molecule has 150 valence electrons. The van der Waals surface area contributed by atoms with Gasteiger partial charge in [-0.2, -0.15) is 0 Å². The number of nitrogens with one attached hydrogen (secondary N) is 2. The predicted molar refractivity (Wildman–Crippen MR) is 102 cm³/mol. The Bertz CT molecular complexity index is 611. The molecule has 0 spiro atoms. The third-order valence-electron chi connectivity index (χ3n) is 3.58. The number of rotatable bonds is 9. The molecule has 2 amide bonds. The average Bonchev–Trinajstić information content (AvgIpc) is 2.57. The number of carbonyl (C=O) groups is 3. The van der Waals surface area contributed by atoms with E-state index >= 15 is 0 Å². The number of unbranched alkanes of at least 4 members (excludes halogenated alkanes) is 1. The van der Waals surface area contributed by atoms with E-state index < -0.39 is 23.8 Å². The Morgan fingerprint density at radius 3 is 2.30 bits per heavy atom. The first-order valence-electron chi connectivity index (χ1n) is 9.12. The Balaban J connectivity index is 2.26. The van der Waals surface area contributed by atoms with Crippen LogP contribution in [0.5, 0.6) is 0 Å². The number of Topliss-reactive ketones (excluding diaryl/α,β-unsaturated/α-hetero) is 1. The number of amides is 2. The molecule has 0 unspecified atom stereocenters. The Kier molecular flexibility index (Phi) is 9.33. The first-order valence-corrected chi connectivity index (χ1v) is 9.12. The van der Waals surface area contributed by atoms with Crippen molar-refractivity contribution in [3.8, 4) is 0 Å². The molecule has 0 aliphatic heterocycles. The molecule has 1 aromatic carbocycles. The van der Waals surface area contributed by atoms with Gasteiger partial charge in [0.15, 0.2) is 5.78 Å². The van der Waals surface area contributed by atoms with Gasteiger partial charge >= 0.3 is 12.2 Å². The van der Waals surface area contributed by atoms with Crippen LogP contribution < -0.4 is 10.6 Å². The maximum atomic E-state index is 11.9. The Hall–Kier alpha value is -2.57. The molecule has 7 nitrogen and oxygen atoms in total. The predicted octanol–water partition coefficient (Wildman–Crippen LogP) is 3.57. The zero-order valence-electron chi connectivity index (χ0n) is 16.5. The lowest BCUT2D eigenvalue weighted by Gasteiger charge is -2.19. The topological polar surface area (TPSA) is 93.7 Å². The van der Waals surface area contributed by atoms with Crippen molar-refractivity contribution in [1.29, 1.82) is 0 Å². The van der Waals surface area contributed by atoms with Crippen LogP contribution in [0.1, 0.15) is 52.5 Å². The maximum Gasteiger partial charge on any atom is 0.408 e. The Labute approximate surface area is 160 Å². The molecule has 0 aliphatic carbocycles. The van der Waals surface area contributed by atoms with Crippen LogP contribution in [0.2, 0.25) is 0 Å². The van der Waals surface area contributed by atoms with Gasteiger partial charge in [0.25, 0.3) is 0 Å². The summed E-state index contributed by atoms with van der Waals surface area (Å²) in [7, 11) is 0. The minimum atomic E-state index is -0.620. The molecular weight excluding hydrogens is 348 g/mol. The van der Waals surface area contributed by atoms with E-state index in [1.165, 1.54) is 6.92 Å². The monoisotopic (exact) mass is 378 g/mol. The Morgan fingerprint density at radius 1 is 1.04 bits per heavy atom. The molecule has 0 fully saturated rings. The van der Waals surface area contributed by atoms with Gasteiger partial charge in [0.2, 0.25) is 0 Å². The molecule has 0 saturated heterocycles. The van der Waals surface area contributed by atoms with E-state index in [9.17, 15) is 14.4 Å². The van der Waals surface area contributed by atoms with Crippen molar-refractivity contribution in [2.75, 3.05) is 6.54 Å². The van der Waals surface area contributed by atoms with E-state index in [2.05, 4.69) is 10.6 Å². The maximum absolute atomic E-state index is 11.9. The highest BCUT2D eigenvalue weighted by atomic mass is 16.6. The molecule has 0 bridgehead atoms. The first-order chi connectivity index (χ1) is 12.7. The smallest absolute Gasteiger partial charge is 0.408 e. The van der Waals surface area contributed by atoms with Crippen LogP contribution >= 0.6 is 0 Å². The molecule has 27 heavy (non-hydrogen) atoms. The van der Waals surface area contributed by atoms with E-state index in [1.807, 2.05) is 30.3 Å². The molecule has 0 aromatic heterocycles. The summed E-state index contributed by atoms with van der Waals surface area (Å²) in [5.41, 5.74) is 0.341. The van der Waals surface area contributed by atoms with E-state index in [1.54, 1.807) is 20.8 Å². The highest BCUT2D eigenvalue weighted by Gasteiger charge is 2.18. The van der Waals surface area contributed by atoms with Crippen LogP contribution in [0.25, 0.3) is 0 Å². The van der Waals surface area contributed by atoms with Crippen molar-refractivity contribution in [1.82, 2.24) is 10.6 Å². The van der Waals surface area contributed by atoms with Gasteiger partial charge in [0.05, 0.1) is 6.04 Å². The second-order valence-electron chi connectivity index (χ2n) is 7.29. The first kappa shape index (κ1) is 22.5. The molecule has 0 aliphatic rings. The average molecular weight is 378 g/mol. The minimum absolute atomic E-state index is 0.133. The normalized spacial score (nSPS) is 12.0. The lowest BCUT2D eigenvalue weighted by molar-refractivity contribution is -0.119. The van der Waals surface area contributed by atoms with Gasteiger partial charge in [-0.15, -0.1) is 0 Å². The van der Waals surface area contributed by atoms with Crippen LogP contribution in [-0.2, 0) is 20.9 Å². The van der Waals surface area contributed by atoms with Crippen molar-refractivity contribution in [3.05, 3.63) is 35.9 Å². The van der Waals surface area contributed by atoms with Crippen LogP contribution in [0.3, 0.4) is 0 Å². The molecule has 1 aromatic rings. The molecule has 7 heteroatoms. The lowest BCUT2D eigenvalue weighted by Crippen LogP contribution is -2.40. The van der Waals surface area contributed by atoms with Crippen molar-refractivity contribution >= 4 is 18.0 Å². The van der Waals surface area contributed by atoms with Gasteiger partial charge in [-0.05, 0) is 52.5 Å². The summed E-state index contributed by atoms with van der Waals surface area (Å²) >= 11 is 0. The van der Waals surface area contributed by atoms with Gasteiger partial charge < -0.3 is 20.1 Å². The van der Waals surface area contributed by atoms with Crippen LogP contribution in [0, 0.1) is 0 Å². The highest BCUT2D eigenvalue weighted by molar-refractivity contribution is 5.85. The summed E-state index contributed by atoms with van der Waals surface area (Å²) in [6.07, 6.45) is 0.730. The number of benzene rings is 1. The fraction of sp³-hybridized carbons (Fsp3) is 0.550. The summed E-state index contributed by atoms with van der Waals surface area (Å²) in [4.78, 5) is 35.1. The van der Waals surface area contributed by atoms with Crippen molar-refractivity contribution in [2.45, 2.75) is 65.2 Å². The van der Waals surface area contributed by atoms with Crippen molar-refractivity contribution < 1.29 is 23.9 Å². The zero-order valence-corrected chi connectivity index (χ0v) is 16.5. The number of carbonyl (C=O) groups excluding carboxylic acids is 3. The Morgan fingerprint density at radius 2 is 1.70 bits per heavy atom. The van der Waals surface area contributed by atoms with Crippen molar-refractivity contribution in [3.63, 3.8) is 0 Å². The van der Waals surface area contributed by atoms with E-state index in [0.29, 0.717) is 25.8 Å². The summed E-state index contributed by atoms with van der Waals surface area (Å²) in [5, 5.41) is 5.26. The molecule has 0 radical (unpaired) electrons. The number of hydrogen-bond acceptors (Lipinski definition) is 5. The van der Waals surface area contributed by atoms with Gasteiger partial charge in [-0.1, -0.05) is 30.3 Å². The van der Waals surface area contributed by atoms with Crippen molar-refractivity contribution in [2.24, 2.45) is 0 Å². The van der Waals surface area contributed by atoms with Crippen LogP contribution in [-0.4, -0.2) is 36.2 Å². The van der Waals surface area contributed by atoms with E-state index in [4.69, 9.17) is 9.47 Å². The fourth-order valence-electron chi connectivity index (χ4n) is 2.26. The quantitative estimate of drug-likeness (QED) is 0.641. The van der Waals surface area contributed by atoms with E-state index in [-0.39, 0.29) is 12.4 Å². The summed E-state index contributed by atoms with van der Waals surface area (Å²) in [5.74, 6) is -0.133. The third kappa shape index (κ3) is 10.9. The van der Waals surface area contributed by atoms with Gasteiger partial charge in [-0.3, -0.25) is 4.79 Å². The largest absolute Gasteiger partial charge is 0.445 e. The van der Waals surface area contributed by atoms with E-state index in [0.717, 1.165) is 5.56 Å². The number of alkyl carbamates (subject to hydrolysis) is 2. The molecule has 0 saturated carbocycles. The van der Waals surface area contributed by atoms with Crippen LogP contribution in [0.4, 0.5) is 9.59 Å². The van der Waals surface area contributed by atoms with Gasteiger partial charge in [-0.25, -0.2) is 9.59 Å². The van der Waals surface area contributed by atoms with Gasteiger partial charge in [0, 0.05) is 6.54 Å². The van der Waals surface area contributed by atoms with Crippen LogP contribution in [0.15, 0.2) is 30.3 Å². The second kappa shape index (κ2) is 11.2. The zero-order chi connectivity index (χ0) is 20.3. The summed E-state index contributed by atoms with van der Waals surface area (Å²) in [6.45, 7) is 7.42. The summed E-state index contributed by atoms with van der Waals surface area (Å²) < 4.78 is 10.3. The number of ketones is 1. The molecular formula is C20H30N2O5. The lowest BCUT2D eigenvalue weighted by atomic mass is 10.1. The van der Waals surface area contributed by atoms with Gasteiger partial charge in [0.1, 0.15) is 12.2 Å². The molecule has 1 rings (SSSR count). The SMILES string of the molecule is CC(=O)[C@H](CCCCNC(=O)OC(C)(C)C)NC(=O)OCc1ccccc1. The minimum Gasteiger partial charge on any atom is -0.445 e. The summed E-state index contributed by atoms with van der Waals surface area (Å²) in [6, 6.07) is 8.71.